The van der Waals surface area contributed by atoms with Gasteiger partial charge >= 0.3 is 12.2 Å². The first kappa shape index (κ1) is 27.5. The van der Waals surface area contributed by atoms with Crippen molar-refractivity contribution >= 4 is 29.3 Å². The van der Waals surface area contributed by atoms with Crippen LogP contribution in [-0.4, -0.2) is 78.4 Å². The topological polar surface area (TPSA) is 118 Å². The molecule has 5 heterocycles. The summed E-state index contributed by atoms with van der Waals surface area (Å²) in [6, 6.07) is 3.58. The fourth-order valence-corrected chi connectivity index (χ4v) is 5.48. The van der Waals surface area contributed by atoms with E-state index in [0.29, 0.717) is 50.4 Å². The second-order valence-electron chi connectivity index (χ2n) is 11.2. The van der Waals surface area contributed by atoms with Gasteiger partial charge in [-0.05, 0) is 57.2 Å². The molecule has 2 bridgehead atoms. The number of fused-ring (bicyclic) bond motifs is 4. The van der Waals surface area contributed by atoms with Crippen LogP contribution in [0.25, 0.3) is 0 Å². The summed E-state index contributed by atoms with van der Waals surface area (Å²) in [5.41, 5.74) is 0.445. The molecule has 1 unspecified atom stereocenters. The van der Waals surface area contributed by atoms with Gasteiger partial charge in [-0.15, -0.1) is 0 Å². The minimum absolute atomic E-state index is 0.186. The lowest BCUT2D eigenvalue weighted by Crippen LogP contribution is -2.49. The number of amides is 3. The van der Waals surface area contributed by atoms with Crippen LogP contribution in [0.3, 0.4) is 0 Å². The largest absolute Gasteiger partial charge is 0.491 e. The van der Waals surface area contributed by atoms with E-state index in [0.717, 1.165) is 0 Å². The van der Waals surface area contributed by atoms with Crippen LogP contribution in [0.4, 0.5) is 35.3 Å². The van der Waals surface area contributed by atoms with Crippen molar-refractivity contribution < 1.29 is 37.0 Å². The van der Waals surface area contributed by atoms with Crippen LogP contribution in [0.5, 0.6) is 5.75 Å². The monoisotopic (exact) mass is 576 g/mol. The lowest BCUT2D eigenvalue weighted by atomic mass is 10.1. The van der Waals surface area contributed by atoms with Gasteiger partial charge in [-0.1, -0.05) is 0 Å². The van der Waals surface area contributed by atoms with Crippen LogP contribution in [0.15, 0.2) is 30.5 Å². The zero-order valence-corrected chi connectivity index (χ0v) is 22.6. The Hall–Kier alpha value is -3.65. The van der Waals surface area contributed by atoms with Crippen molar-refractivity contribution in [1.82, 2.24) is 15.3 Å². The van der Waals surface area contributed by atoms with Crippen LogP contribution in [0.1, 0.15) is 43.6 Å². The van der Waals surface area contributed by atoms with Gasteiger partial charge in [-0.25, -0.2) is 14.8 Å². The van der Waals surface area contributed by atoms with Crippen LogP contribution >= 0.6 is 0 Å². The van der Waals surface area contributed by atoms with E-state index >= 15 is 0 Å². The lowest BCUT2D eigenvalue weighted by molar-refractivity contribution is -0.158. The predicted molar refractivity (Wildman–Crippen MR) is 141 cm³/mol. The molecule has 2 N–H and O–H groups in total. The fraction of sp³-hybridized carbons (Fsp3) is 0.556. The average molecular weight is 577 g/mol. The molecule has 14 heteroatoms. The minimum Gasteiger partial charge on any atom is -0.491 e. The highest BCUT2D eigenvalue weighted by Crippen LogP contribution is 2.41. The summed E-state index contributed by atoms with van der Waals surface area (Å²) in [6.45, 7) is 5.56. The number of alkyl halides is 3. The van der Waals surface area contributed by atoms with Crippen molar-refractivity contribution in [3.8, 4) is 5.75 Å². The summed E-state index contributed by atoms with van der Waals surface area (Å²) < 4.78 is 57.6. The maximum absolute atomic E-state index is 13.5. The molecule has 2 aromatic heterocycles. The van der Waals surface area contributed by atoms with Gasteiger partial charge in [0.1, 0.15) is 36.0 Å². The molecule has 3 aliphatic heterocycles. The number of nitrogens with zero attached hydrogens (tertiary/aromatic N) is 4. The highest BCUT2D eigenvalue weighted by molar-refractivity contribution is 6.05. The standard InChI is InChI=1S/C27H31F3N6O5/c1-26(2)40-14-18(41-26)13-39-17-7-9-31-21(11-17)33-25(38)36-16-8-10-35(12-16)20-6-5-19(32-23(20)36)24(37)34-22(15-3-4-15)27(28,29)30/h5-7,9,11,15-16,18,22H,3-4,8,10,12-14H2,1-2H3,(H,34,37)(H,31,33,38)/t16-,18-,22?/m0/s1. The number of hydrogen-bond donors (Lipinski definition) is 2. The SMILES string of the molecule is CC1(C)OC[C@H](COc2ccnc(NC(=O)N3c4nc(C(=O)NC(C5CC5)C(F)(F)F)ccc4N4CC[C@H]3C4)c2)O1. The second-order valence-corrected chi connectivity index (χ2v) is 11.2. The molecule has 220 valence electrons. The number of carbonyl (C=O) groups is 2. The summed E-state index contributed by atoms with van der Waals surface area (Å²) in [6.07, 6.45) is -1.80. The van der Waals surface area contributed by atoms with Gasteiger partial charge in [0, 0.05) is 25.4 Å². The summed E-state index contributed by atoms with van der Waals surface area (Å²) in [4.78, 5) is 38.5. The van der Waals surface area contributed by atoms with Gasteiger partial charge in [0.2, 0.25) is 0 Å². The van der Waals surface area contributed by atoms with Gasteiger partial charge in [0.05, 0.1) is 18.3 Å². The van der Waals surface area contributed by atoms with Gasteiger partial charge in [0.25, 0.3) is 5.91 Å². The zero-order chi connectivity index (χ0) is 28.9. The maximum Gasteiger partial charge on any atom is 0.408 e. The first-order valence-corrected chi connectivity index (χ1v) is 13.6. The van der Waals surface area contributed by atoms with E-state index in [1.807, 2.05) is 18.7 Å². The van der Waals surface area contributed by atoms with E-state index in [4.69, 9.17) is 14.2 Å². The number of ether oxygens (including phenoxy) is 3. The molecule has 2 saturated heterocycles. The Bertz CT molecular complexity index is 1340. The summed E-state index contributed by atoms with van der Waals surface area (Å²) in [7, 11) is 0. The normalized spacial score (nSPS) is 23.6. The van der Waals surface area contributed by atoms with E-state index in [1.54, 1.807) is 18.2 Å². The van der Waals surface area contributed by atoms with Crippen LogP contribution in [0, 0.1) is 5.92 Å². The Morgan fingerprint density at radius 2 is 2.02 bits per heavy atom. The van der Waals surface area contributed by atoms with Crippen molar-refractivity contribution in [1.29, 1.82) is 0 Å². The molecule has 1 aliphatic carbocycles. The third-order valence-electron chi connectivity index (χ3n) is 7.61. The van der Waals surface area contributed by atoms with Gasteiger partial charge in [-0.3, -0.25) is 15.0 Å². The van der Waals surface area contributed by atoms with Crippen molar-refractivity contribution in [2.24, 2.45) is 5.92 Å². The predicted octanol–water partition coefficient (Wildman–Crippen LogP) is 3.71. The molecule has 11 nitrogen and oxygen atoms in total. The van der Waals surface area contributed by atoms with Gasteiger partial charge in [0.15, 0.2) is 11.6 Å². The molecule has 3 amide bonds. The molecule has 1 saturated carbocycles. The summed E-state index contributed by atoms with van der Waals surface area (Å²) in [5.74, 6) is -1.29. The van der Waals surface area contributed by atoms with Crippen molar-refractivity contribution in [2.45, 2.75) is 63.3 Å². The van der Waals surface area contributed by atoms with E-state index in [9.17, 15) is 22.8 Å². The number of urea groups is 1. The Morgan fingerprint density at radius 3 is 2.73 bits per heavy atom. The highest BCUT2D eigenvalue weighted by atomic mass is 19.4. The summed E-state index contributed by atoms with van der Waals surface area (Å²) >= 11 is 0. The van der Waals surface area contributed by atoms with E-state index < -0.39 is 35.9 Å². The number of aromatic nitrogens is 2. The Morgan fingerprint density at radius 1 is 1.22 bits per heavy atom. The molecule has 6 rings (SSSR count). The Labute approximate surface area is 234 Å². The molecule has 4 aliphatic rings. The van der Waals surface area contributed by atoms with Crippen molar-refractivity contribution in [2.75, 3.05) is 41.4 Å². The molecule has 3 atom stereocenters. The third kappa shape index (κ3) is 5.89. The number of pyridine rings is 2. The molecule has 2 aromatic rings. The number of carbonyl (C=O) groups excluding carboxylic acids is 2. The van der Waals surface area contributed by atoms with Crippen molar-refractivity contribution in [3.05, 3.63) is 36.2 Å². The number of hydrogen-bond acceptors (Lipinski definition) is 8. The molecular weight excluding hydrogens is 545 g/mol. The molecular formula is C27H31F3N6O5. The van der Waals surface area contributed by atoms with E-state index in [-0.39, 0.29) is 36.1 Å². The molecule has 0 aromatic carbocycles. The summed E-state index contributed by atoms with van der Waals surface area (Å²) in [5, 5.41) is 4.88. The first-order valence-electron chi connectivity index (χ1n) is 13.6. The molecule has 0 spiro atoms. The maximum atomic E-state index is 13.5. The number of rotatable bonds is 7. The highest BCUT2D eigenvalue weighted by Gasteiger charge is 2.50. The van der Waals surface area contributed by atoms with Crippen LogP contribution < -0.4 is 25.2 Å². The van der Waals surface area contributed by atoms with E-state index in [2.05, 4.69) is 20.6 Å². The molecule has 0 radical (unpaired) electrons. The van der Waals surface area contributed by atoms with Gasteiger partial charge in [-0.2, -0.15) is 13.2 Å². The minimum atomic E-state index is -4.55. The smallest absolute Gasteiger partial charge is 0.408 e. The second kappa shape index (κ2) is 10.3. The zero-order valence-electron chi connectivity index (χ0n) is 22.6. The molecule has 3 fully saturated rings. The Balaban J connectivity index is 1.17. The number of anilines is 3. The van der Waals surface area contributed by atoms with Gasteiger partial charge < -0.3 is 24.4 Å². The lowest BCUT2D eigenvalue weighted by Gasteiger charge is -2.35. The fourth-order valence-electron chi connectivity index (χ4n) is 5.48. The quantitative estimate of drug-likeness (QED) is 0.513. The third-order valence-corrected chi connectivity index (χ3v) is 7.61. The van der Waals surface area contributed by atoms with Crippen LogP contribution in [0.2, 0.25) is 0 Å². The van der Waals surface area contributed by atoms with E-state index in [1.165, 1.54) is 17.2 Å². The average Bonchev–Trinajstić information content (AvgIpc) is 3.57. The van der Waals surface area contributed by atoms with Crippen molar-refractivity contribution in [3.63, 3.8) is 0 Å². The first-order chi connectivity index (χ1) is 19.5. The number of halogens is 3. The van der Waals surface area contributed by atoms with Crippen LogP contribution in [-0.2, 0) is 9.47 Å². The molecule has 41 heavy (non-hydrogen) atoms. The Kier molecular flexibility index (Phi) is 6.92. The number of nitrogens with one attached hydrogen (secondary N) is 2.